The maximum atomic E-state index is 12.6. The summed E-state index contributed by atoms with van der Waals surface area (Å²) in [7, 11) is 0. The van der Waals surface area contributed by atoms with Crippen LogP contribution in [0.15, 0.2) is 18.2 Å². The Morgan fingerprint density at radius 1 is 1.21 bits per heavy atom. The topological polar surface area (TPSA) is 40.5 Å². The molecule has 104 valence electrons. The molecular weight excluding hydrogens is 259 g/mol. The van der Waals surface area contributed by atoms with Crippen LogP contribution in [-0.4, -0.2) is 21.5 Å². The summed E-state index contributed by atoms with van der Waals surface area (Å²) in [6.07, 6.45) is -5.71. The Balaban J connectivity index is 2.52. The van der Waals surface area contributed by atoms with Gasteiger partial charge < -0.3 is 10.0 Å². The summed E-state index contributed by atoms with van der Waals surface area (Å²) in [5.74, 6) is -0.582. The molecule has 1 aliphatic heterocycles. The number of carbonyl (C=O) groups is 1. The van der Waals surface area contributed by atoms with Crippen LogP contribution >= 0.6 is 0 Å². The normalized spacial score (nSPS) is 19.8. The summed E-state index contributed by atoms with van der Waals surface area (Å²) >= 11 is 0. The summed E-state index contributed by atoms with van der Waals surface area (Å²) < 4.78 is 37.9. The molecule has 1 aliphatic rings. The fraction of sp³-hybridized carbons (Fsp3) is 0.462. The lowest BCUT2D eigenvalue weighted by Crippen LogP contribution is -2.43. The minimum atomic E-state index is -4.50. The molecule has 0 fully saturated rings. The molecule has 0 bridgehead atoms. The number of hydrogen-bond acceptors (Lipinski definition) is 2. The van der Waals surface area contributed by atoms with Gasteiger partial charge in [0.25, 0.3) is 5.91 Å². The molecule has 0 saturated heterocycles. The smallest absolute Gasteiger partial charge is 0.369 e. The maximum absolute atomic E-state index is 12.6. The van der Waals surface area contributed by atoms with Gasteiger partial charge in [0, 0.05) is 16.7 Å². The summed E-state index contributed by atoms with van der Waals surface area (Å²) in [5, 5.41) is 10.1. The molecule has 1 N–H and O–H groups in total. The van der Waals surface area contributed by atoms with Crippen molar-refractivity contribution in [3.63, 3.8) is 0 Å². The Bertz CT molecular complexity index is 532. The lowest BCUT2D eigenvalue weighted by atomic mass is 10.1. The van der Waals surface area contributed by atoms with Crippen LogP contribution in [0.2, 0.25) is 0 Å². The zero-order chi connectivity index (χ0) is 14.6. The fourth-order valence-electron chi connectivity index (χ4n) is 2.19. The summed E-state index contributed by atoms with van der Waals surface area (Å²) in [6, 6.07) is 2.83. The molecule has 1 aromatic carbocycles. The van der Waals surface area contributed by atoms with Crippen molar-refractivity contribution in [3.8, 4) is 0 Å². The first-order chi connectivity index (χ1) is 8.53. The minimum absolute atomic E-state index is 0.0859. The number of benzene rings is 1. The largest absolute Gasteiger partial charge is 0.416 e. The highest BCUT2D eigenvalue weighted by Gasteiger charge is 2.43. The first-order valence-corrected chi connectivity index (χ1v) is 5.76. The first-order valence-electron chi connectivity index (χ1n) is 5.76. The Hall–Kier alpha value is -1.56. The van der Waals surface area contributed by atoms with Gasteiger partial charge in [-0.3, -0.25) is 4.79 Å². The molecule has 0 aromatic heterocycles. The lowest BCUT2D eigenvalue weighted by molar-refractivity contribution is -0.137. The van der Waals surface area contributed by atoms with Crippen molar-refractivity contribution in [2.45, 2.75) is 38.7 Å². The van der Waals surface area contributed by atoms with Gasteiger partial charge in [-0.15, -0.1) is 0 Å². The number of nitrogens with zero attached hydrogens (tertiary/aromatic N) is 1. The van der Waals surface area contributed by atoms with Gasteiger partial charge >= 0.3 is 6.18 Å². The zero-order valence-electron chi connectivity index (χ0n) is 10.7. The Labute approximate surface area is 108 Å². The molecule has 6 heteroatoms. The van der Waals surface area contributed by atoms with E-state index in [0.29, 0.717) is 0 Å². The van der Waals surface area contributed by atoms with Gasteiger partial charge in [-0.2, -0.15) is 13.2 Å². The second-order valence-electron chi connectivity index (χ2n) is 5.52. The predicted octanol–water partition coefficient (Wildman–Crippen LogP) is 2.95. The van der Waals surface area contributed by atoms with E-state index in [2.05, 4.69) is 0 Å². The van der Waals surface area contributed by atoms with Gasteiger partial charge in [0.1, 0.15) is 0 Å². The van der Waals surface area contributed by atoms with E-state index in [0.717, 1.165) is 18.2 Å². The third-order valence-electron chi connectivity index (χ3n) is 3.08. The quantitative estimate of drug-likeness (QED) is 0.789. The van der Waals surface area contributed by atoms with Crippen LogP contribution < -0.4 is 0 Å². The van der Waals surface area contributed by atoms with Crippen LogP contribution in [0.25, 0.3) is 0 Å². The van der Waals surface area contributed by atoms with Crippen LogP contribution in [0, 0.1) is 0 Å². The van der Waals surface area contributed by atoms with Crippen molar-refractivity contribution in [1.82, 2.24) is 4.90 Å². The van der Waals surface area contributed by atoms with Crippen molar-refractivity contribution in [2.24, 2.45) is 0 Å². The van der Waals surface area contributed by atoms with Crippen molar-refractivity contribution < 1.29 is 23.1 Å². The predicted molar refractivity (Wildman–Crippen MR) is 62.3 cm³/mol. The summed E-state index contributed by atoms with van der Waals surface area (Å²) in [4.78, 5) is 13.3. The van der Waals surface area contributed by atoms with E-state index >= 15 is 0 Å². The standard InChI is InChI=1S/C13H14F3NO2/c1-12(2,3)17-10(18)8-5-4-7(13(14,15)16)6-9(8)11(17)19/h4-6,10,18H,1-3H3/t10-/m0/s1. The Kier molecular flexibility index (Phi) is 2.89. The van der Waals surface area contributed by atoms with Crippen LogP contribution in [0.4, 0.5) is 13.2 Å². The number of aliphatic hydroxyl groups excluding tert-OH is 1. The van der Waals surface area contributed by atoms with Crippen molar-refractivity contribution in [3.05, 3.63) is 34.9 Å². The van der Waals surface area contributed by atoms with E-state index in [9.17, 15) is 23.1 Å². The molecule has 0 radical (unpaired) electrons. The van der Waals surface area contributed by atoms with E-state index in [1.165, 1.54) is 4.90 Å². The van der Waals surface area contributed by atoms with Crippen LogP contribution in [0.3, 0.4) is 0 Å². The molecule has 2 rings (SSSR count). The molecule has 1 atom stereocenters. The van der Waals surface area contributed by atoms with Crippen LogP contribution in [0.5, 0.6) is 0 Å². The fourth-order valence-corrected chi connectivity index (χ4v) is 2.19. The van der Waals surface area contributed by atoms with E-state index < -0.39 is 29.4 Å². The average Bonchev–Trinajstić information content (AvgIpc) is 2.49. The number of amides is 1. The molecule has 19 heavy (non-hydrogen) atoms. The Morgan fingerprint density at radius 3 is 2.26 bits per heavy atom. The van der Waals surface area contributed by atoms with Crippen LogP contribution in [0.1, 0.15) is 48.5 Å². The molecular formula is C13H14F3NO2. The molecule has 1 aromatic rings. The molecule has 0 spiro atoms. The number of hydrogen-bond donors (Lipinski definition) is 1. The number of rotatable bonds is 0. The van der Waals surface area contributed by atoms with E-state index in [-0.39, 0.29) is 11.1 Å². The highest BCUT2D eigenvalue weighted by atomic mass is 19.4. The zero-order valence-corrected chi connectivity index (χ0v) is 10.7. The summed E-state index contributed by atoms with van der Waals surface area (Å²) in [6.45, 7) is 5.14. The van der Waals surface area contributed by atoms with Gasteiger partial charge in [0.15, 0.2) is 6.23 Å². The highest BCUT2D eigenvalue weighted by Crippen LogP contribution is 2.39. The van der Waals surface area contributed by atoms with Crippen molar-refractivity contribution in [1.29, 1.82) is 0 Å². The number of alkyl halides is 3. The monoisotopic (exact) mass is 273 g/mol. The van der Waals surface area contributed by atoms with Gasteiger partial charge in [-0.05, 0) is 32.9 Å². The van der Waals surface area contributed by atoms with E-state index in [4.69, 9.17) is 0 Å². The first kappa shape index (κ1) is 13.9. The maximum Gasteiger partial charge on any atom is 0.416 e. The third-order valence-corrected chi connectivity index (χ3v) is 3.08. The van der Waals surface area contributed by atoms with E-state index in [1.54, 1.807) is 20.8 Å². The third kappa shape index (κ3) is 2.20. The van der Waals surface area contributed by atoms with Crippen molar-refractivity contribution in [2.75, 3.05) is 0 Å². The second-order valence-corrected chi connectivity index (χ2v) is 5.52. The molecule has 0 aliphatic carbocycles. The lowest BCUT2D eigenvalue weighted by Gasteiger charge is -2.34. The van der Waals surface area contributed by atoms with Gasteiger partial charge in [0.2, 0.25) is 0 Å². The second kappa shape index (κ2) is 3.96. The summed E-state index contributed by atoms with van der Waals surface area (Å²) in [5.41, 5.74) is -1.43. The van der Waals surface area contributed by atoms with Gasteiger partial charge in [-0.25, -0.2) is 0 Å². The average molecular weight is 273 g/mol. The molecule has 3 nitrogen and oxygen atoms in total. The molecule has 0 unspecified atom stereocenters. The Morgan fingerprint density at radius 2 is 1.79 bits per heavy atom. The molecule has 0 saturated carbocycles. The minimum Gasteiger partial charge on any atom is -0.369 e. The van der Waals surface area contributed by atoms with E-state index in [1.807, 2.05) is 0 Å². The number of carbonyl (C=O) groups excluding carboxylic acids is 1. The SMILES string of the molecule is CC(C)(C)N1C(=O)c2cc(C(F)(F)F)ccc2[C@@H]1O. The number of fused-ring (bicyclic) bond motifs is 1. The highest BCUT2D eigenvalue weighted by molar-refractivity contribution is 5.99. The molecule has 1 heterocycles. The number of halogens is 3. The van der Waals surface area contributed by atoms with Crippen molar-refractivity contribution >= 4 is 5.91 Å². The van der Waals surface area contributed by atoms with Crippen LogP contribution in [-0.2, 0) is 6.18 Å². The number of aliphatic hydroxyl groups is 1. The van der Waals surface area contributed by atoms with Gasteiger partial charge in [-0.1, -0.05) is 6.07 Å². The van der Waals surface area contributed by atoms with Gasteiger partial charge in [0.05, 0.1) is 5.56 Å². The molecule has 1 amide bonds.